The lowest BCUT2D eigenvalue weighted by molar-refractivity contribution is -0.386. The number of aromatic amines is 1. The molecule has 1 fully saturated rings. The molecule has 0 aromatic carbocycles. The second kappa shape index (κ2) is 3.72. The number of hydrogen-bond acceptors (Lipinski definition) is 4. The third kappa shape index (κ3) is 1.83. The second-order valence-electron chi connectivity index (χ2n) is 3.52. The van der Waals surface area contributed by atoms with Crippen LogP contribution in [-0.4, -0.2) is 23.0 Å². The third-order valence-electron chi connectivity index (χ3n) is 2.54. The second-order valence-corrected chi connectivity index (χ2v) is 3.52. The molecule has 1 N–H and O–H groups in total. The van der Waals surface area contributed by atoms with Gasteiger partial charge in [0.25, 0.3) is 0 Å². The van der Waals surface area contributed by atoms with E-state index in [1.807, 2.05) is 4.90 Å². The van der Waals surface area contributed by atoms with Crippen molar-refractivity contribution in [3.05, 3.63) is 32.7 Å². The molecule has 0 saturated carbocycles. The minimum absolute atomic E-state index is 0.389. The lowest BCUT2D eigenvalue weighted by Gasteiger charge is -2.16. The van der Waals surface area contributed by atoms with E-state index in [4.69, 9.17) is 0 Å². The van der Waals surface area contributed by atoms with Crippen molar-refractivity contribution in [3.8, 4) is 0 Å². The Balaban J connectivity index is 2.37. The zero-order chi connectivity index (χ0) is 10.8. The zero-order valence-corrected chi connectivity index (χ0v) is 8.10. The van der Waals surface area contributed by atoms with Gasteiger partial charge in [0.1, 0.15) is 0 Å². The largest absolute Gasteiger partial charge is 0.370 e. The van der Waals surface area contributed by atoms with Gasteiger partial charge in [-0.2, -0.15) is 0 Å². The fraction of sp³-hybridized carbons (Fsp3) is 0.444. The number of nitro groups is 1. The fourth-order valence-corrected chi connectivity index (χ4v) is 1.75. The van der Waals surface area contributed by atoms with Crippen molar-refractivity contribution in [1.29, 1.82) is 0 Å². The van der Waals surface area contributed by atoms with E-state index in [0.717, 1.165) is 31.6 Å². The van der Waals surface area contributed by atoms with Gasteiger partial charge in [0.15, 0.2) is 0 Å². The van der Waals surface area contributed by atoms with Crippen LogP contribution in [0.1, 0.15) is 12.8 Å². The first-order valence-electron chi connectivity index (χ1n) is 4.80. The standard InChI is InChI=1S/C9H11N3O3/c13-9-8(12(14)15)5-7(6-10-9)11-3-1-2-4-11/h5-6H,1-4H2,(H,10,13). The fourth-order valence-electron chi connectivity index (χ4n) is 1.75. The monoisotopic (exact) mass is 209 g/mol. The number of anilines is 1. The number of H-pyrrole nitrogens is 1. The molecule has 15 heavy (non-hydrogen) atoms. The van der Waals surface area contributed by atoms with Gasteiger partial charge >= 0.3 is 11.2 Å². The Labute approximate surface area is 85.7 Å². The van der Waals surface area contributed by atoms with Crippen LogP contribution in [0.2, 0.25) is 0 Å². The number of pyridine rings is 1. The van der Waals surface area contributed by atoms with Crippen molar-refractivity contribution < 1.29 is 4.92 Å². The Morgan fingerprint density at radius 3 is 2.67 bits per heavy atom. The molecule has 1 aromatic rings. The molecule has 1 aliphatic heterocycles. The van der Waals surface area contributed by atoms with Crippen molar-refractivity contribution in [2.75, 3.05) is 18.0 Å². The van der Waals surface area contributed by atoms with Crippen LogP contribution in [0.4, 0.5) is 11.4 Å². The molecule has 2 rings (SSSR count). The molecular weight excluding hydrogens is 198 g/mol. The molecule has 1 aromatic heterocycles. The van der Waals surface area contributed by atoms with Crippen LogP contribution in [-0.2, 0) is 0 Å². The highest BCUT2D eigenvalue weighted by atomic mass is 16.6. The van der Waals surface area contributed by atoms with E-state index < -0.39 is 10.5 Å². The predicted molar refractivity (Wildman–Crippen MR) is 55.2 cm³/mol. The molecule has 6 nitrogen and oxygen atoms in total. The first-order valence-corrected chi connectivity index (χ1v) is 4.80. The highest BCUT2D eigenvalue weighted by molar-refractivity contribution is 5.50. The molecule has 0 bridgehead atoms. The molecule has 1 saturated heterocycles. The number of nitrogens with zero attached hydrogens (tertiary/aromatic N) is 2. The Kier molecular flexibility index (Phi) is 2.40. The van der Waals surface area contributed by atoms with E-state index in [0.29, 0.717) is 0 Å². The summed E-state index contributed by atoms with van der Waals surface area (Å²) in [6.07, 6.45) is 3.71. The summed E-state index contributed by atoms with van der Waals surface area (Å²) in [5.74, 6) is 0. The summed E-state index contributed by atoms with van der Waals surface area (Å²) in [4.78, 5) is 25.4. The maximum atomic E-state index is 11.1. The van der Waals surface area contributed by atoms with E-state index in [1.165, 1.54) is 12.3 Å². The first kappa shape index (κ1) is 9.70. The lowest BCUT2D eigenvalue weighted by atomic mass is 10.3. The van der Waals surface area contributed by atoms with Gasteiger partial charge in [-0.3, -0.25) is 14.9 Å². The van der Waals surface area contributed by atoms with Crippen LogP contribution in [0.15, 0.2) is 17.1 Å². The third-order valence-corrected chi connectivity index (χ3v) is 2.54. The smallest absolute Gasteiger partial charge is 0.335 e. The van der Waals surface area contributed by atoms with Crippen LogP contribution in [0, 0.1) is 10.1 Å². The van der Waals surface area contributed by atoms with Crippen molar-refractivity contribution in [3.63, 3.8) is 0 Å². The molecule has 0 spiro atoms. The van der Waals surface area contributed by atoms with Gasteiger partial charge in [-0.1, -0.05) is 0 Å². The Morgan fingerprint density at radius 1 is 1.40 bits per heavy atom. The molecule has 0 atom stereocenters. The van der Waals surface area contributed by atoms with Crippen LogP contribution in [0.5, 0.6) is 0 Å². The zero-order valence-electron chi connectivity index (χ0n) is 8.10. The molecule has 0 unspecified atom stereocenters. The number of nitrogens with one attached hydrogen (secondary N) is 1. The van der Waals surface area contributed by atoms with E-state index in [9.17, 15) is 14.9 Å². The van der Waals surface area contributed by atoms with Gasteiger partial charge in [-0.15, -0.1) is 0 Å². The molecule has 2 heterocycles. The van der Waals surface area contributed by atoms with Crippen LogP contribution in [0.3, 0.4) is 0 Å². The highest BCUT2D eigenvalue weighted by Crippen LogP contribution is 2.20. The van der Waals surface area contributed by atoms with Crippen LogP contribution < -0.4 is 10.5 Å². The van der Waals surface area contributed by atoms with Crippen molar-refractivity contribution in [2.24, 2.45) is 0 Å². The summed E-state index contributed by atoms with van der Waals surface area (Å²) in [5.41, 5.74) is -0.318. The summed E-state index contributed by atoms with van der Waals surface area (Å²) < 4.78 is 0. The normalized spacial score (nSPS) is 15.6. The topological polar surface area (TPSA) is 79.2 Å². The molecule has 0 amide bonds. The molecule has 80 valence electrons. The lowest BCUT2D eigenvalue weighted by Crippen LogP contribution is -2.20. The van der Waals surface area contributed by atoms with Gasteiger partial charge in [0.2, 0.25) is 0 Å². The van der Waals surface area contributed by atoms with Gasteiger partial charge in [0, 0.05) is 25.4 Å². The number of rotatable bonds is 2. The highest BCUT2D eigenvalue weighted by Gasteiger charge is 2.18. The Bertz CT molecular complexity index is 434. The van der Waals surface area contributed by atoms with Gasteiger partial charge in [0.05, 0.1) is 10.6 Å². The average Bonchev–Trinajstić information content (AvgIpc) is 2.71. The molecule has 1 aliphatic rings. The Morgan fingerprint density at radius 2 is 2.07 bits per heavy atom. The summed E-state index contributed by atoms with van der Waals surface area (Å²) >= 11 is 0. The van der Waals surface area contributed by atoms with Crippen LogP contribution >= 0.6 is 0 Å². The van der Waals surface area contributed by atoms with Gasteiger partial charge in [-0.05, 0) is 12.8 Å². The average molecular weight is 209 g/mol. The van der Waals surface area contributed by atoms with Crippen molar-refractivity contribution >= 4 is 11.4 Å². The maximum Gasteiger partial charge on any atom is 0.335 e. The summed E-state index contributed by atoms with van der Waals surface area (Å²) in [6.45, 7) is 1.78. The van der Waals surface area contributed by atoms with Gasteiger partial charge in [-0.25, -0.2) is 0 Å². The quantitative estimate of drug-likeness (QED) is 0.579. The molecule has 6 heteroatoms. The maximum absolute atomic E-state index is 11.1. The Hall–Kier alpha value is -1.85. The van der Waals surface area contributed by atoms with Crippen LogP contribution in [0.25, 0.3) is 0 Å². The first-order chi connectivity index (χ1) is 7.18. The van der Waals surface area contributed by atoms with E-state index in [2.05, 4.69) is 4.98 Å². The van der Waals surface area contributed by atoms with E-state index in [1.54, 1.807) is 0 Å². The molecule has 0 radical (unpaired) electrons. The molecule has 0 aliphatic carbocycles. The van der Waals surface area contributed by atoms with Gasteiger partial charge < -0.3 is 9.88 Å². The predicted octanol–water partition coefficient (Wildman–Crippen LogP) is 0.883. The summed E-state index contributed by atoms with van der Waals surface area (Å²) in [6, 6.07) is 1.34. The number of hydrogen-bond donors (Lipinski definition) is 1. The number of aromatic nitrogens is 1. The molecular formula is C9H11N3O3. The van der Waals surface area contributed by atoms with Crippen molar-refractivity contribution in [1.82, 2.24) is 4.98 Å². The minimum atomic E-state index is -0.654. The van der Waals surface area contributed by atoms with E-state index >= 15 is 0 Å². The van der Waals surface area contributed by atoms with E-state index in [-0.39, 0.29) is 5.69 Å². The summed E-state index contributed by atoms with van der Waals surface area (Å²) in [7, 11) is 0. The SMILES string of the molecule is O=c1[nH]cc(N2CCCC2)cc1[N+](=O)[O-]. The van der Waals surface area contributed by atoms with Crippen molar-refractivity contribution in [2.45, 2.75) is 12.8 Å². The summed E-state index contributed by atoms with van der Waals surface area (Å²) in [5, 5.41) is 10.6. The minimum Gasteiger partial charge on any atom is -0.370 e.